The lowest BCUT2D eigenvalue weighted by molar-refractivity contribution is -0.135. The van der Waals surface area contributed by atoms with Gasteiger partial charge in [-0.15, -0.1) is 10.2 Å². The van der Waals surface area contributed by atoms with E-state index in [1.165, 1.54) is 25.8 Å². The van der Waals surface area contributed by atoms with E-state index in [2.05, 4.69) is 14.9 Å². The molecule has 9 heteroatoms. The van der Waals surface area contributed by atoms with Crippen molar-refractivity contribution in [3.05, 3.63) is 65.4 Å². The number of nitrogens with one attached hydrogen (secondary N) is 1. The second-order valence-electron chi connectivity index (χ2n) is 6.94. The summed E-state index contributed by atoms with van der Waals surface area (Å²) in [6, 6.07) is 15.4. The normalized spacial score (nSPS) is 11.6. The Morgan fingerprint density at radius 1 is 1.16 bits per heavy atom. The molecule has 2 aromatic carbocycles. The Balaban J connectivity index is 2.04. The minimum Gasteiger partial charge on any atom is -0.510 e. The Hall–Kier alpha value is -3.59. The van der Waals surface area contributed by atoms with Gasteiger partial charge in [0.05, 0.1) is 20.0 Å². The van der Waals surface area contributed by atoms with Crippen molar-refractivity contribution >= 4 is 23.4 Å². The van der Waals surface area contributed by atoms with Gasteiger partial charge in [-0.3, -0.25) is 4.57 Å². The first kappa shape index (κ1) is 23.1. The van der Waals surface area contributed by atoms with Gasteiger partial charge in [0, 0.05) is 17.0 Å². The topological polar surface area (TPSA) is 110 Å². The van der Waals surface area contributed by atoms with Gasteiger partial charge in [-0.25, -0.2) is 4.79 Å². The molecule has 3 rings (SSSR count). The van der Waals surface area contributed by atoms with Crippen LogP contribution in [0.15, 0.2) is 65.0 Å². The fourth-order valence-corrected chi connectivity index (χ4v) is 3.92. The Morgan fingerprint density at radius 3 is 2.47 bits per heavy atom. The van der Waals surface area contributed by atoms with Crippen LogP contribution in [0.2, 0.25) is 0 Å². The second-order valence-corrected chi connectivity index (χ2v) is 7.88. The molecule has 166 valence electrons. The molecule has 0 aliphatic carbocycles. The molecule has 0 aliphatic rings. The summed E-state index contributed by atoms with van der Waals surface area (Å²) >= 11 is 1.20. The zero-order valence-corrected chi connectivity index (χ0v) is 19.1. The van der Waals surface area contributed by atoms with Gasteiger partial charge in [-0.1, -0.05) is 35.5 Å². The van der Waals surface area contributed by atoms with Gasteiger partial charge >= 0.3 is 5.97 Å². The number of ether oxygens (including phenoxy) is 2. The average Bonchev–Trinajstić information content (AvgIpc) is 3.21. The van der Waals surface area contributed by atoms with Crippen molar-refractivity contribution in [2.24, 2.45) is 0 Å². The maximum atomic E-state index is 11.9. The summed E-state index contributed by atoms with van der Waals surface area (Å²) in [5, 5.41) is 27.5. The van der Waals surface area contributed by atoms with E-state index in [0.717, 1.165) is 22.6 Å². The van der Waals surface area contributed by atoms with E-state index in [9.17, 15) is 9.90 Å². The summed E-state index contributed by atoms with van der Waals surface area (Å²) in [6.07, 6.45) is 0. The summed E-state index contributed by atoms with van der Waals surface area (Å²) in [5.74, 6) is 0.366. The first-order chi connectivity index (χ1) is 15.3. The van der Waals surface area contributed by atoms with E-state index in [-0.39, 0.29) is 22.8 Å². The molecule has 0 radical (unpaired) electrons. The van der Waals surface area contributed by atoms with E-state index < -0.39 is 5.97 Å². The zero-order chi connectivity index (χ0) is 23.3. The summed E-state index contributed by atoms with van der Waals surface area (Å²) < 4.78 is 11.8. The number of aromatic nitrogens is 3. The van der Waals surface area contributed by atoms with Crippen LogP contribution in [0.4, 0.5) is 0 Å². The number of benzene rings is 2. The predicted octanol–water partition coefficient (Wildman–Crippen LogP) is 4.37. The molecule has 1 aromatic heterocycles. The van der Waals surface area contributed by atoms with Crippen molar-refractivity contribution in [2.45, 2.75) is 19.0 Å². The molecule has 0 spiro atoms. The number of hydrogen-bond donors (Lipinski definition) is 2. The van der Waals surface area contributed by atoms with Crippen LogP contribution in [0.25, 0.3) is 17.1 Å². The highest BCUT2D eigenvalue weighted by atomic mass is 32.2. The average molecular weight is 453 g/mol. The summed E-state index contributed by atoms with van der Waals surface area (Å²) in [5.41, 5.74) is 2.56. The molecule has 0 aliphatic heterocycles. The summed E-state index contributed by atoms with van der Waals surface area (Å²) in [6.45, 7) is 3.42. The molecule has 3 aromatic rings. The number of carbonyl (C=O) groups is 1. The Bertz CT molecular complexity index is 1170. The number of aryl methyl sites for hydroxylation is 1. The molecule has 2 N–H and O–H groups in total. The van der Waals surface area contributed by atoms with Crippen molar-refractivity contribution in [1.29, 1.82) is 5.41 Å². The maximum Gasteiger partial charge on any atom is 0.343 e. The van der Waals surface area contributed by atoms with Crippen LogP contribution in [0.1, 0.15) is 12.5 Å². The van der Waals surface area contributed by atoms with Gasteiger partial charge in [-0.2, -0.15) is 0 Å². The van der Waals surface area contributed by atoms with E-state index in [1.807, 2.05) is 60.0 Å². The molecular formula is C23H24N4O4S. The molecule has 0 saturated heterocycles. The van der Waals surface area contributed by atoms with E-state index in [1.54, 1.807) is 7.11 Å². The Labute approximate surface area is 190 Å². The van der Waals surface area contributed by atoms with Crippen LogP contribution < -0.4 is 4.74 Å². The lowest BCUT2D eigenvalue weighted by Gasteiger charge is -2.12. The lowest BCUT2D eigenvalue weighted by Crippen LogP contribution is -2.15. The number of esters is 1. The lowest BCUT2D eigenvalue weighted by atomic mass is 10.1. The van der Waals surface area contributed by atoms with Gasteiger partial charge in [0.2, 0.25) is 0 Å². The number of rotatable bonds is 8. The largest absolute Gasteiger partial charge is 0.510 e. The standard InChI is InChI=1S/C23H24N4O4S/c1-14-6-5-7-16(12-14)21-25-26-23(27(21)17-8-10-18(30-3)11-9-17)32-13-19(28)20(15(2)24)22(29)31-4/h5-12,24,28H,13H2,1-4H3. The van der Waals surface area contributed by atoms with Crippen molar-refractivity contribution in [3.63, 3.8) is 0 Å². The molecule has 0 bridgehead atoms. The van der Waals surface area contributed by atoms with Gasteiger partial charge in [0.15, 0.2) is 11.0 Å². The third-order valence-electron chi connectivity index (χ3n) is 4.63. The highest BCUT2D eigenvalue weighted by Gasteiger charge is 2.21. The predicted molar refractivity (Wildman–Crippen MR) is 124 cm³/mol. The summed E-state index contributed by atoms with van der Waals surface area (Å²) in [4.78, 5) is 11.9. The third-order valence-corrected chi connectivity index (χ3v) is 5.57. The van der Waals surface area contributed by atoms with E-state index >= 15 is 0 Å². The van der Waals surface area contributed by atoms with Crippen LogP contribution in [-0.4, -0.2) is 51.5 Å². The molecule has 0 fully saturated rings. The molecular weight excluding hydrogens is 428 g/mol. The van der Waals surface area contributed by atoms with Crippen molar-refractivity contribution in [1.82, 2.24) is 14.8 Å². The van der Waals surface area contributed by atoms with E-state index in [4.69, 9.17) is 10.1 Å². The van der Waals surface area contributed by atoms with Crippen molar-refractivity contribution in [3.8, 4) is 22.8 Å². The summed E-state index contributed by atoms with van der Waals surface area (Å²) in [7, 11) is 2.81. The molecule has 0 atom stereocenters. The van der Waals surface area contributed by atoms with Gasteiger partial charge in [-0.05, 0) is 44.2 Å². The van der Waals surface area contributed by atoms with Crippen LogP contribution >= 0.6 is 11.8 Å². The number of thioether (sulfide) groups is 1. The minimum atomic E-state index is -0.757. The molecule has 32 heavy (non-hydrogen) atoms. The molecule has 1 heterocycles. The maximum absolute atomic E-state index is 11.9. The smallest absolute Gasteiger partial charge is 0.343 e. The van der Waals surface area contributed by atoms with Gasteiger partial charge < -0.3 is 20.0 Å². The number of hydrogen-bond acceptors (Lipinski definition) is 8. The minimum absolute atomic E-state index is 0.0166. The highest BCUT2D eigenvalue weighted by molar-refractivity contribution is 7.99. The number of nitrogens with zero attached hydrogens (tertiary/aromatic N) is 3. The first-order valence-electron chi connectivity index (χ1n) is 9.71. The van der Waals surface area contributed by atoms with Gasteiger partial charge in [0.25, 0.3) is 0 Å². The van der Waals surface area contributed by atoms with Gasteiger partial charge in [0.1, 0.15) is 17.1 Å². The number of aliphatic hydroxyl groups is 1. The second kappa shape index (κ2) is 10.1. The molecule has 8 nitrogen and oxygen atoms in total. The third kappa shape index (κ3) is 5.00. The fourth-order valence-electron chi connectivity index (χ4n) is 3.09. The number of carbonyl (C=O) groups excluding carboxylic acids is 1. The van der Waals surface area contributed by atoms with Crippen LogP contribution in [0.3, 0.4) is 0 Å². The first-order valence-corrected chi connectivity index (χ1v) is 10.7. The molecule has 0 amide bonds. The Morgan fingerprint density at radius 2 is 1.88 bits per heavy atom. The molecule has 0 saturated carbocycles. The fraction of sp³-hybridized carbons (Fsp3) is 0.217. The highest BCUT2D eigenvalue weighted by Crippen LogP contribution is 2.30. The monoisotopic (exact) mass is 452 g/mol. The number of aliphatic hydroxyl groups excluding tert-OH is 1. The van der Waals surface area contributed by atoms with Crippen molar-refractivity contribution in [2.75, 3.05) is 20.0 Å². The quantitative estimate of drug-likeness (QED) is 0.172. The van der Waals surface area contributed by atoms with E-state index in [0.29, 0.717) is 11.0 Å². The number of methoxy groups -OCH3 is 2. The van der Waals surface area contributed by atoms with Crippen LogP contribution in [0, 0.1) is 12.3 Å². The van der Waals surface area contributed by atoms with Crippen LogP contribution in [0.5, 0.6) is 5.75 Å². The molecule has 0 unspecified atom stereocenters. The van der Waals surface area contributed by atoms with Crippen molar-refractivity contribution < 1.29 is 19.4 Å². The van der Waals surface area contributed by atoms with Crippen LogP contribution in [-0.2, 0) is 9.53 Å². The Kier molecular flexibility index (Phi) is 7.32. The zero-order valence-electron chi connectivity index (χ0n) is 18.2. The SMILES string of the molecule is COC(=O)C(C(C)=N)=C(O)CSc1nnc(-c2cccc(C)c2)n1-c1ccc(OC)cc1.